The van der Waals surface area contributed by atoms with Crippen LogP contribution in [0.4, 0.5) is 10.5 Å². The van der Waals surface area contributed by atoms with Gasteiger partial charge in [-0.25, -0.2) is 4.79 Å². The number of carbonyl (C=O) groups excluding carboxylic acids is 2. The summed E-state index contributed by atoms with van der Waals surface area (Å²) in [4.78, 5) is 34.4. The summed E-state index contributed by atoms with van der Waals surface area (Å²) in [5.41, 5.74) is 0.560. The first-order valence-corrected chi connectivity index (χ1v) is 6.76. The molecule has 0 unspecified atom stereocenters. The minimum atomic E-state index is -0.599. The lowest BCUT2D eigenvalue weighted by molar-refractivity contribution is -0.384. The van der Waals surface area contributed by atoms with Gasteiger partial charge in [-0.2, -0.15) is 5.26 Å². The average molecular weight is 320 g/mol. The lowest BCUT2D eigenvalue weighted by atomic mass is 10.2. The number of benzene rings is 1. The zero-order valence-electron chi connectivity index (χ0n) is 12.5. The van der Waals surface area contributed by atoms with Crippen LogP contribution in [0.2, 0.25) is 0 Å². The minimum Gasteiger partial charge on any atom is -0.465 e. The molecule has 1 aromatic rings. The van der Waals surface area contributed by atoms with Crippen LogP contribution in [0.15, 0.2) is 24.3 Å². The highest BCUT2D eigenvalue weighted by Crippen LogP contribution is 2.13. The fraction of sp³-hybridized carbons (Fsp3) is 0.357. The van der Waals surface area contributed by atoms with Gasteiger partial charge in [0.1, 0.15) is 13.1 Å². The molecule has 0 aliphatic rings. The van der Waals surface area contributed by atoms with Crippen molar-refractivity contribution >= 4 is 17.7 Å². The quantitative estimate of drug-likeness (QED) is 0.348. The van der Waals surface area contributed by atoms with Crippen LogP contribution in [0.3, 0.4) is 0 Å². The number of nitrogens with zero attached hydrogens (tertiary/aromatic N) is 3. The molecule has 0 saturated heterocycles. The van der Waals surface area contributed by atoms with Gasteiger partial charge in [-0.05, 0) is 12.5 Å². The van der Waals surface area contributed by atoms with Gasteiger partial charge >= 0.3 is 12.0 Å². The molecular formula is C14H16N4O5. The Hall–Kier alpha value is -3.15. The summed E-state index contributed by atoms with van der Waals surface area (Å²) >= 11 is 0. The Kier molecular flexibility index (Phi) is 7.00. The van der Waals surface area contributed by atoms with E-state index in [-0.39, 0.29) is 31.9 Å². The number of hydrogen-bond acceptors (Lipinski definition) is 6. The van der Waals surface area contributed by atoms with E-state index >= 15 is 0 Å². The van der Waals surface area contributed by atoms with Crippen LogP contribution in [-0.4, -0.2) is 41.5 Å². The fourth-order valence-electron chi connectivity index (χ4n) is 1.70. The van der Waals surface area contributed by atoms with E-state index in [1.165, 1.54) is 29.2 Å². The lowest BCUT2D eigenvalue weighted by Gasteiger charge is -2.20. The molecule has 1 N–H and O–H groups in total. The van der Waals surface area contributed by atoms with Crippen molar-refractivity contribution in [2.45, 2.75) is 13.5 Å². The molecule has 1 aromatic carbocycles. The van der Waals surface area contributed by atoms with E-state index in [9.17, 15) is 19.7 Å². The molecular weight excluding hydrogens is 304 g/mol. The molecule has 9 nitrogen and oxygen atoms in total. The number of non-ortho nitro benzene ring substituents is 1. The summed E-state index contributed by atoms with van der Waals surface area (Å²) in [6.07, 6.45) is 0. The molecule has 0 aromatic heterocycles. The summed E-state index contributed by atoms with van der Waals surface area (Å²) in [6.45, 7) is 1.45. The molecule has 2 amide bonds. The molecule has 0 aliphatic carbocycles. The molecule has 0 spiro atoms. The Morgan fingerprint density at radius 1 is 1.39 bits per heavy atom. The Bertz CT molecular complexity index is 609. The van der Waals surface area contributed by atoms with Crippen LogP contribution in [0.1, 0.15) is 12.5 Å². The Balaban J connectivity index is 2.66. The molecule has 0 bridgehead atoms. The van der Waals surface area contributed by atoms with Crippen LogP contribution in [0.5, 0.6) is 0 Å². The van der Waals surface area contributed by atoms with Crippen LogP contribution < -0.4 is 5.32 Å². The molecule has 0 saturated carbocycles. The number of nitriles is 1. The number of hydrogen-bond donors (Lipinski definition) is 1. The van der Waals surface area contributed by atoms with E-state index < -0.39 is 16.9 Å². The van der Waals surface area contributed by atoms with Gasteiger partial charge in [0.25, 0.3) is 5.69 Å². The third-order valence-electron chi connectivity index (χ3n) is 2.76. The first-order chi connectivity index (χ1) is 11.0. The lowest BCUT2D eigenvalue weighted by Crippen LogP contribution is -2.42. The maximum absolute atomic E-state index is 12.0. The van der Waals surface area contributed by atoms with Crippen LogP contribution in [0, 0.1) is 21.4 Å². The largest absolute Gasteiger partial charge is 0.465 e. The van der Waals surface area contributed by atoms with Gasteiger partial charge in [-0.3, -0.25) is 14.9 Å². The third kappa shape index (κ3) is 6.01. The van der Waals surface area contributed by atoms with Crippen molar-refractivity contribution in [3.8, 4) is 6.07 Å². The first-order valence-electron chi connectivity index (χ1n) is 6.76. The highest BCUT2D eigenvalue weighted by Gasteiger charge is 2.15. The number of carbonyl (C=O) groups is 2. The average Bonchev–Trinajstić information content (AvgIpc) is 2.53. The van der Waals surface area contributed by atoms with E-state index in [4.69, 9.17) is 5.26 Å². The second-order valence-corrected chi connectivity index (χ2v) is 4.40. The van der Waals surface area contributed by atoms with Crippen molar-refractivity contribution in [1.82, 2.24) is 10.2 Å². The second-order valence-electron chi connectivity index (χ2n) is 4.40. The number of amides is 2. The fourth-order valence-corrected chi connectivity index (χ4v) is 1.70. The Labute approximate surface area is 132 Å². The maximum Gasteiger partial charge on any atom is 0.325 e. The molecule has 122 valence electrons. The molecule has 0 fully saturated rings. The predicted molar refractivity (Wildman–Crippen MR) is 79.2 cm³/mol. The maximum atomic E-state index is 12.0. The summed E-state index contributed by atoms with van der Waals surface area (Å²) in [6, 6.07) is 6.89. The van der Waals surface area contributed by atoms with Crippen molar-refractivity contribution in [3.05, 3.63) is 39.9 Å². The summed E-state index contributed by atoms with van der Waals surface area (Å²) in [7, 11) is 0. The highest BCUT2D eigenvalue weighted by molar-refractivity contribution is 5.81. The number of rotatable bonds is 7. The van der Waals surface area contributed by atoms with Crippen molar-refractivity contribution in [1.29, 1.82) is 5.26 Å². The number of ether oxygens (including phenoxy) is 1. The number of esters is 1. The van der Waals surface area contributed by atoms with Crippen LogP contribution in [0.25, 0.3) is 0 Å². The van der Waals surface area contributed by atoms with E-state index in [1.807, 2.05) is 6.07 Å². The minimum absolute atomic E-state index is 0.0626. The van der Waals surface area contributed by atoms with Gasteiger partial charge in [0.2, 0.25) is 0 Å². The Morgan fingerprint density at radius 2 is 2.04 bits per heavy atom. The summed E-state index contributed by atoms with van der Waals surface area (Å²) in [5.74, 6) is -0.576. The van der Waals surface area contributed by atoms with Crippen molar-refractivity contribution in [2.75, 3.05) is 19.7 Å². The molecule has 1 rings (SSSR count). The van der Waals surface area contributed by atoms with E-state index in [0.717, 1.165) is 0 Å². The standard InChI is InChI=1S/C14H16N4O5/c1-2-23-13(19)9-16-14(20)17(8-7-15)10-11-3-5-12(6-4-11)18(21)22/h3-6H,2,8-10H2,1H3,(H,16,20). The van der Waals surface area contributed by atoms with Crippen molar-refractivity contribution < 1.29 is 19.2 Å². The zero-order chi connectivity index (χ0) is 17.2. The van der Waals surface area contributed by atoms with Crippen molar-refractivity contribution in [2.24, 2.45) is 0 Å². The molecule has 0 aliphatic heterocycles. The van der Waals surface area contributed by atoms with E-state index in [1.54, 1.807) is 6.92 Å². The predicted octanol–water partition coefficient (Wildman–Crippen LogP) is 1.19. The number of nitrogens with one attached hydrogen (secondary N) is 1. The summed E-state index contributed by atoms with van der Waals surface area (Å²) < 4.78 is 4.68. The Morgan fingerprint density at radius 3 is 2.57 bits per heavy atom. The van der Waals surface area contributed by atoms with Gasteiger partial charge in [-0.1, -0.05) is 12.1 Å². The molecule has 9 heteroatoms. The van der Waals surface area contributed by atoms with Crippen LogP contribution in [-0.2, 0) is 16.1 Å². The molecule has 0 radical (unpaired) electrons. The second kappa shape index (κ2) is 8.99. The van der Waals surface area contributed by atoms with E-state index in [2.05, 4.69) is 10.1 Å². The van der Waals surface area contributed by atoms with Crippen molar-refractivity contribution in [3.63, 3.8) is 0 Å². The first kappa shape index (κ1) is 17.9. The van der Waals surface area contributed by atoms with Crippen LogP contribution >= 0.6 is 0 Å². The smallest absolute Gasteiger partial charge is 0.325 e. The van der Waals surface area contributed by atoms with Gasteiger partial charge in [-0.15, -0.1) is 0 Å². The highest BCUT2D eigenvalue weighted by atomic mass is 16.6. The number of nitro groups is 1. The summed E-state index contributed by atoms with van der Waals surface area (Å²) in [5, 5.41) is 21.7. The number of urea groups is 1. The van der Waals surface area contributed by atoms with Gasteiger partial charge in [0.05, 0.1) is 17.6 Å². The topological polar surface area (TPSA) is 126 Å². The molecule has 0 heterocycles. The monoisotopic (exact) mass is 320 g/mol. The molecule has 0 atom stereocenters. The molecule has 23 heavy (non-hydrogen) atoms. The zero-order valence-corrected chi connectivity index (χ0v) is 12.5. The third-order valence-corrected chi connectivity index (χ3v) is 2.76. The normalized spacial score (nSPS) is 9.57. The number of nitro benzene ring substituents is 1. The van der Waals surface area contributed by atoms with Gasteiger partial charge < -0.3 is 15.0 Å². The SMILES string of the molecule is CCOC(=O)CNC(=O)N(CC#N)Cc1ccc([N+](=O)[O-])cc1. The van der Waals surface area contributed by atoms with E-state index in [0.29, 0.717) is 5.56 Å². The van der Waals surface area contributed by atoms with Gasteiger partial charge in [0.15, 0.2) is 0 Å². The van der Waals surface area contributed by atoms with Gasteiger partial charge in [0, 0.05) is 18.7 Å².